The van der Waals surface area contributed by atoms with E-state index in [1.807, 2.05) is 0 Å². The van der Waals surface area contributed by atoms with E-state index >= 15 is 0 Å². The first-order chi connectivity index (χ1) is 6.99. The van der Waals surface area contributed by atoms with E-state index < -0.39 is 0 Å². The standard InChI is InChI=1S/C13H25NO/c1-12(2)9-6-11(15-12)10-13(14)7-4-3-5-8-13/h11H,3-10,14H2,1-2H3. The monoisotopic (exact) mass is 211 g/mol. The Hall–Kier alpha value is -0.0800. The summed E-state index contributed by atoms with van der Waals surface area (Å²) in [4.78, 5) is 0. The molecule has 2 aliphatic rings. The van der Waals surface area contributed by atoms with Gasteiger partial charge in [-0.25, -0.2) is 0 Å². The topological polar surface area (TPSA) is 35.2 Å². The summed E-state index contributed by atoms with van der Waals surface area (Å²) in [5, 5.41) is 0. The molecule has 88 valence electrons. The van der Waals surface area contributed by atoms with Crippen LogP contribution < -0.4 is 5.73 Å². The highest BCUT2D eigenvalue weighted by Crippen LogP contribution is 2.37. The number of rotatable bonds is 2. The summed E-state index contributed by atoms with van der Waals surface area (Å²) >= 11 is 0. The zero-order valence-electron chi connectivity index (χ0n) is 10.2. The van der Waals surface area contributed by atoms with Crippen molar-refractivity contribution >= 4 is 0 Å². The lowest BCUT2D eigenvalue weighted by Gasteiger charge is -2.35. The van der Waals surface area contributed by atoms with Gasteiger partial charge in [-0.2, -0.15) is 0 Å². The second kappa shape index (κ2) is 4.06. The Morgan fingerprint density at radius 2 is 1.80 bits per heavy atom. The van der Waals surface area contributed by atoms with Crippen LogP contribution in [0.2, 0.25) is 0 Å². The molecule has 1 heterocycles. The van der Waals surface area contributed by atoms with Crippen molar-refractivity contribution in [2.75, 3.05) is 0 Å². The molecule has 0 aromatic rings. The maximum atomic E-state index is 6.45. The maximum absolute atomic E-state index is 6.45. The number of ether oxygens (including phenoxy) is 1. The molecule has 2 rings (SSSR count). The van der Waals surface area contributed by atoms with Crippen LogP contribution >= 0.6 is 0 Å². The van der Waals surface area contributed by atoms with Crippen LogP contribution in [0.3, 0.4) is 0 Å². The average molecular weight is 211 g/mol. The van der Waals surface area contributed by atoms with Crippen LogP contribution in [0.25, 0.3) is 0 Å². The van der Waals surface area contributed by atoms with E-state index in [1.54, 1.807) is 0 Å². The molecule has 0 aromatic heterocycles. The fourth-order valence-electron chi connectivity index (χ4n) is 3.13. The second-order valence-corrected chi connectivity index (χ2v) is 6.17. The lowest BCUT2D eigenvalue weighted by atomic mass is 9.78. The van der Waals surface area contributed by atoms with Crippen molar-refractivity contribution in [2.45, 2.75) is 82.5 Å². The molecule has 1 aliphatic heterocycles. The third-order valence-corrected chi connectivity index (χ3v) is 4.04. The SMILES string of the molecule is CC1(C)CCC(CC2(N)CCCCC2)O1. The fraction of sp³-hybridized carbons (Fsp3) is 1.00. The molecule has 0 bridgehead atoms. The second-order valence-electron chi connectivity index (χ2n) is 6.17. The third kappa shape index (κ3) is 2.94. The molecule has 15 heavy (non-hydrogen) atoms. The van der Waals surface area contributed by atoms with Gasteiger partial charge in [-0.1, -0.05) is 19.3 Å². The molecule has 0 aromatic carbocycles. The summed E-state index contributed by atoms with van der Waals surface area (Å²) in [5.74, 6) is 0. The summed E-state index contributed by atoms with van der Waals surface area (Å²) in [6.07, 6.45) is 10.3. The predicted octanol–water partition coefficient (Wildman–Crippen LogP) is 3.00. The van der Waals surface area contributed by atoms with Crippen LogP contribution in [0.15, 0.2) is 0 Å². The van der Waals surface area contributed by atoms with Gasteiger partial charge >= 0.3 is 0 Å². The Kier molecular flexibility index (Phi) is 3.09. The molecule has 2 nitrogen and oxygen atoms in total. The van der Waals surface area contributed by atoms with Crippen molar-refractivity contribution in [3.05, 3.63) is 0 Å². The highest BCUT2D eigenvalue weighted by molar-refractivity contribution is 4.92. The molecule has 1 unspecified atom stereocenters. The third-order valence-electron chi connectivity index (χ3n) is 4.04. The van der Waals surface area contributed by atoms with E-state index in [0.29, 0.717) is 6.10 Å². The molecule has 2 N–H and O–H groups in total. The molecule has 2 fully saturated rings. The zero-order chi connectivity index (χ0) is 10.9. The van der Waals surface area contributed by atoms with Crippen molar-refractivity contribution in [1.29, 1.82) is 0 Å². The van der Waals surface area contributed by atoms with Crippen molar-refractivity contribution in [1.82, 2.24) is 0 Å². The highest BCUT2D eigenvalue weighted by Gasteiger charge is 2.37. The van der Waals surface area contributed by atoms with Gasteiger partial charge in [-0.15, -0.1) is 0 Å². The molecule has 1 saturated carbocycles. The van der Waals surface area contributed by atoms with Gasteiger partial charge in [0.1, 0.15) is 0 Å². The molecule has 2 heteroatoms. The summed E-state index contributed by atoms with van der Waals surface area (Å²) in [7, 11) is 0. The van der Waals surface area contributed by atoms with Crippen molar-refractivity contribution in [2.24, 2.45) is 5.73 Å². The number of hydrogen-bond donors (Lipinski definition) is 1. The fourth-order valence-corrected chi connectivity index (χ4v) is 3.13. The van der Waals surface area contributed by atoms with Gasteiger partial charge in [-0.05, 0) is 46.0 Å². The van der Waals surface area contributed by atoms with Crippen LogP contribution in [0, 0.1) is 0 Å². The van der Waals surface area contributed by atoms with E-state index in [1.165, 1.54) is 44.9 Å². The smallest absolute Gasteiger partial charge is 0.0631 e. The van der Waals surface area contributed by atoms with Crippen LogP contribution in [-0.4, -0.2) is 17.2 Å². The Balaban J connectivity index is 1.86. The number of hydrogen-bond acceptors (Lipinski definition) is 2. The summed E-state index contributed by atoms with van der Waals surface area (Å²) in [5.41, 5.74) is 6.63. The normalized spacial score (nSPS) is 34.2. The van der Waals surface area contributed by atoms with Gasteiger partial charge in [0, 0.05) is 5.54 Å². The van der Waals surface area contributed by atoms with Crippen LogP contribution in [0.1, 0.15) is 65.2 Å². The molecule has 0 radical (unpaired) electrons. The molecular formula is C13H25NO. The lowest BCUT2D eigenvalue weighted by Crippen LogP contribution is -2.44. The Bertz CT molecular complexity index is 219. The molecule has 0 spiro atoms. The Labute approximate surface area is 93.6 Å². The largest absolute Gasteiger partial charge is 0.372 e. The van der Waals surface area contributed by atoms with Gasteiger partial charge in [0.2, 0.25) is 0 Å². The minimum absolute atomic E-state index is 0.0866. The van der Waals surface area contributed by atoms with Gasteiger partial charge in [0.25, 0.3) is 0 Å². The van der Waals surface area contributed by atoms with Crippen molar-refractivity contribution in [3.8, 4) is 0 Å². The predicted molar refractivity (Wildman–Crippen MR) is 62.8 cm³/mol. The van der Waals surface area contributed by atoms with Gasteiger partial charge in [0.15, 0.2) is 0 Å². The van der Waals surface area contributed by atoms with E-state index in [4.69, 9.17) is 10.5 Å². The van der Waals surface area contributed by atoms with E-state index in [0.717, 1.165) is 6.42 Å². The van der Waals surface area contributed by atoms with Crippen LogP contribution in [-0.2, 0) is 4.74 Å². The Morgan fingerprint density at radius 1 is 1.13 bits per heavy atom. The van der Waals surface area contributed by atoms with Gasteiger partial charge in [0.05, 0.1) is 11.7 Å². The molecule has 1 atom stereocenters. The van der Waals surface area contributed by atoms with Crippen LogP contribution in [0.5, 0.6) is 0 Å². The van der Waals surface area contributed by atoms with Crippen molar-refractivity contribution < 1.29 is 4.74 Å². The minimum atomic E-state index is 0.0866. The first kappa shape index (κ1) is 11.4. The van der Waals surface area contributed by atoms with Crippen LogP contribution in [0.4, 0.5) is 0 Å². The zero-order valence-corrected chi connectivity index (χ0v) is 10.2. The quantitative estimate of drug-likeness (QED) is 0.762. The lowest BCUT2D eigenvalue weighted by molar-refractivity contribution is -0.0294. The maximum Gasteiger partial charge on any atom is 0.0631 e. The molecular weight excluding hydrogens is 186 g/mol. The summed E-state index contributed by atoms with van der Waals surface area (Å²) in [6, 6.07) is 0. The summed E-state index contributed by atoms with van der Waals surface area (Å²) < 4.78 is 6.04. The first-order valence-corrected chi connectivity index (χ1v) is 6.46. The average Bonchev–Trinajstić information content (AvgIpc) is 2.45. The molecule has 1 saturated heterocycles. The van der Waals surface area contributed by atoms with E-state index in [2.05, 4.69) is 13.8 Å². The van der Waals surface area contributed by atoms with Gasteiger partial charge < -0.3 is 10.5 Å². The summed E-state index contributed by atoms with van der Waals surface area (Å²) in [6.45, 7) is 4.38. The van der Waals surface area contributed by atoms with Gasteiger partial charge in [-0.3, -0.25) is 0 Å². The highest BCUT2D eigenvalue weighted by atomic mass is 16.5. The molecule has 0 amide bonds. The number of nitrogens with two attached hydrogens (primary N) is 1. The Morgan fingerprint density at radius 3 is 2.33 bits per heavy atom. The van der Waals surface area contributed by atoms with Crippen molar-refractivity contribution in [3.63, 3.8) is 0 Å². The van der Waals surface area contributed by atoms with E-state index in [9.17, 15) is 0 Å². The first-order valence-electron chi connectivity index (χ1n) is 6.46. The molecule has 1 aliphatic carbocycles. The minimum Gasteiger partial charge on any atom is -0.372 e. The van der Waals surface area contributed by atoms with E-state index in [-0.39, 0.29) is 11.1 Å².